The number of benzene rings is 1. The minimum atomic E-state index is -0.212. The SMILES string of the molecule is CC(=O)C1CNC(C(=O)N2CCc3[nH]c4ccccc4c3C2)C1. The molecule has 1 aromatic heterocycles. The molecular formula is C18H21N3O2. The molecule has 2 aliphatic heterocycles. The van der Waals surface area contributed by atoms with E-state index in [1.807, 2.05) is 17.0 Å². The van der Waals surface area contributed by atoms with Gasteiger partial charge in [0.15, 0.2) is 0 Å². The molecule has 1 saturated heterocycles. The zero-order chi connectivity index (χ0) is 16.0. The Balaban J connectivity index is 1.54. The second-order valence-electron chi connectivity index (χ2n) is 6.64. The van der Waals surface area contributed by atoms with E-state index in [0.29, 0.717) is 19.5 Å². The molecule has 5 heteroatoms. The first-order chi connectivity index (χ1) is 11.1. The van der Waals surface area contributed by atoms with E-state index in [-0.39, 0.29) is 23.7 Å². The average Bonchev–Trinajstić information content (AvgIpc) is 3.18. The zero-order valence-electron chi connectivity index (χ0n) is 13.3. The van der Waals surface area contributed by atoms with Crippen molar-refractivity contribution in [1.82, 2.24) is 15.2 Å². The van der Waals surface area contributed by atoms with E-state index in [0.717, 1.165) is 18.5 Å². The first-order valence-electron chi connectivity index (χ1n) is 8.24. The van der Waals surface area contributed by atoms with Gasteiger partial charge in [0.05, 0.1) is 6.04 Å². The van der Waals surface area contributed by atoms with Gasteiger partial charge in [-0.25, -0.2) is 0 Å². The first kappa shape index (κ1) is 14.5. The normalized spacial score (nSPS) is 24.0. The van der Waals surface area contributed by atoms with Gasteiger partial charge in [0.25, 0.3) is 0 Å². The molecule has 5 nitrogen and oxygen atoms in total. The fourth-order valence-corrected chi connectivity index (χ4v) is 3.81. The van der Waals surface area contributed by atoms with Crippen LogP contribution in [0, 0.1) is 5.92 Å². The molecule has 1 aromatic carbocycles. The number of amides is 1. The molecule has 1 fully saturated rings. The van der Waals surface area contributed by atoms with Crippen LogP contribution in [0.3, 0.4) is 0 Å². The summed E-state index contributed by atoms with van der Waals surface area (Å²) >= 11 is 0. The van der Waals surface area contributed by atoms with E-state index in [2.05, 4.69) is 22.4 Å². The standard InChI is InChI=1S/C18H21N3O2/c1-11(22)12-8-17(19-9-12)18(23)21-7-6-16-14(10-21)13-4-2-3-5-15(13)20-16/h2-5,12,17,19-20H,6-10H2,1H3. The summed E-state index contributed by atoms with van der Waals surface area (Å²) in [6.07, 6.45) is 1.49. The quantitative estimate of drug-likeness (QED) is 0.886. The van der Waals surface area contributed by atoms with Crippen molar-refractivity contribution >= 4 is 22.6 Å². The number of nitrogens with zero attached hydrogens (tertiary/aromatic N) is 1. The van der Waals surface area contributed by atoms with Crippen LogP contribution >= 0.6 is 0 Å². The van der Waals surface area contributed by atoms with Crippen LogP contribution in [0.5, 0.6) is 0 Å². The minimum Gasteiger partial charge on any atom is -0.358 e. The highest BCUT2D eigenvalue weighted by Gasteiger charge is 2.35. The summed E-state index contributed by atoms with van der Waals surface area (Å²) < 4.78 is 0. The van der Waals surface area contributed by atoms with Crippen molar-refractivity contribution in [2.45, 2.75) is 32.4 Å². The molecule has 4 rings (SSSR count). The molecule has 0 bridgehead atoms. The lowest BCUT2D eigenvalue weighted by Crippen LogP contribution is -2.45. The van der Waals surface area contributed by atoms with Gasteiger partial charge in [-0.05, 0) is 19.4 Å². The van der Waals surface area contributed by atoms with E-state index in [4.69, 9.17) is 0 Å². The topological polar surface area (TPSA) is 65.2 Å². The summed E-state index contributed by atoms with van der Waals surface area (Å²) in [6, 6.07) is 8.04. The Hall–Kier alpha value is -2.14. The van der Waals surface area contributed by atoms with Gasteiger partial charge in [-0.3, -0.25) is 9.59 Å². The van der Waals surface area contributed by atoms with Crippen LogP contribution in [0.25, 0.3) is 10.9 Å². The Labute approximate surface area is 135 Å². The van der Waals surface area contributed by atoms with E-state index in [9.17, 15) is 9.59 Å². The maximum atomic E-state index is 12.8. The van der Waals surface area contributed by atoms with Crippen LogP contribution in [-0.4, -0.2) is 40.7 Å². The highest BCUT2D eigenvalue weighted by Crippen LogP contribution is 2.28. The molecule has 0 radical (unpaired) electrons. The smallest absolute Gasteiger partial charge is 0.240 e. The van der Waals surface area contributed by atoms with Crippen molar-refractivity contribution in [3.63, 3.8) is 0 Å². The molecule has 0 spiro atoms. The maximum absolute atomic E-state index is 12.8. The first-order valence-corrected chi connectivity index (χ1v) is 8.24. The van der Waals surface area contributed by atoms with Crippen molar-refractivity contribution < 1.29 is 9.59 Å². The number of H-pyrrole nitrogens is 1. The number of Topliss-reactive ketones (excluding diaryl/α,β-unsaturated/α-hetero) is 1. The van der Waals surface area contributed by atoms with Crippen LogP contribution in [-0.2, 0) is 22.6 Å². The predicted octanol–water partition coefficient (Wildman–Crippen LogP) is 1.62. The Bertz CT molecular complexity index is 780. The number of nitrogens with one attached hydrogen (secondary N) is 2. The van der Waals surface area contributed by atoms with Gasteiger partial charge in [0.1, 0.15) is 5.78 Å². The lowest BCUT2D eigenvalue weighted by Gasteiger charge is -2.29. The fraction of sp³-hybridized carbons (Fsp3) is 0.444. The monoisotopic (exact) mass is 311 g/mol. The van der Waals surface area contributed by atoms with E-state index in [1.165, 1.54) is 16.6 Å². The largest absolute Gasteiger partial charge is 0.358 e. The van der Waals surface area contributed by atoms with Crippen LogP contribution in [0.1, 0.15) is 24.6 Å². The van der Waals surface area contributed by atoms with E-state index < -0.39 is 0 Å². The Morgan fingerprint density at radius 2 is 2.09 bits per heavy atom. The third kappa shape index (κ3) is 2.45. The fourth-order valence-electron chi connectivity index (χ4n) is 3.81. The number of aromatic amines is 1. The number of carbonyl (C=O) groups is 2. The van der Waals surface area contributed by atoms with Crippen LogP contribution in [0.15, 0.2) is 24.3 Å². The van der Waals surface area contributed by atoms with Crippen molar-refractivity contribution in [1.29, 1.82) is 0 Å². The second kappa shape index (κ2) is 5.49. The Morgan fingerprint density at radius 1 is 1.26 bits per heavy atom. The third-order valence-electron chi connectivity index (χ3n) is 5.20. The van der Waals surface area contributed by atoms with Gasteiger partial charge in [-0.2, -0.15) is 0 Å². The Kier molecular flexibility index (Phi) is 3.45. The molecule has 120 valence electrons. The van der Waals surface area contributed by atoms with Crippen LogP contribution in [0.2, 0.25) is 0 Å². The molecule has 0 saturated carbocycles. The van der Waals surface area contributed by atoms with Crippen molar-refractivity contribution in [3.05, 3.63) is 35.5 Å². The number of para-hydroxylation sites is 1. The number of fused-ring (bicyclic) bond motifs is 3. The predicted molar refractivity (Wildman–Crippen MR) is 88.0 cm³/mol. The second-order valence-corrected chi connectivity index (χ2v) is 6.64. The summed E-state index contributed by atoms with van der Waals surface area (Å²) in [4.78, 5) is 29.7. The third-order valence-corrected chi connectivity index (χ3v) is 5.20. The lowest BCUT2D eigenvalue weighted by molar-refractivity contribution is -0.134. The number of hydrogen-bond donors (Lipinski definition) is 2. The van der Waals surface area contributed by atoms with Gasteiger partial charge in [-0.1, -0.05) is 18.2 Å². The van der Waals surface area contributed by atoms with Gasteiger partial charge < -0.3 is 15.2 Å². The highest BCUT2D eigenvalue weighted by molar-refractivity contribution is 5.88. The number of aromatic nitrogens is 1. The van der Waals surface area contributed by atoms with Crippen LogP contribution in [0.4, 0.5) is 0 Å². The van der Waals surface area contributed by atoms with Crippen molar-refractivity contribution in [3.8, 4) is 0 Å². The molecular weight excluding hydrogens is 290 g/mol. The summed E-state index contributed by atoms with van der Waals surface area (Å²) in [5.41, 5.74) is 3.62. The molecule has 23 heavy (non-hydrogen) atoms. The maximum Gasteiger partial charge on any atom is 0.240 e. The summed E-state index contributed by atoms with van der Waals surface area (Å²) in [7, 11) is 0. The number of hydrogen-bond acceptors (Lipinski definition) is 3. The van der Waals surface area contributed by atoms with E-state index in [1.54, 1.807) is 6.92 Å². The van der Waals surface area contributed by atoms with Crippen molar-refractivity contribution in [2.75, 3.05) is 13.1 Å². The highest BCUT2D eigenvalue weighted by atomic mass is 16.2. The number of ketones is 1. The summed E-state index contributed by atoms with van der Waals surface area (Å²) in [5, 5.41) is 4.43. The Morgan fingerprint density at radius 3 is 2.87 bits per heavy atom. The zero-order valence-corrected chi connectivity index (χ0v) is 13.3. The molecule has 1 amide bonds. The molecule has 2 aromatic rings. The van der Waals surface area contributed by atoms with E-state index >= 15 is 0 Å². The molecule has 2 aliphatic rings. The van der Waals surface area contributed by atoms with Gasteiger partial charge in [0, 0.05) is 54.1 Å². The summed E-state index contributed by atoms with van der Waals surface area (Å²) in [5.74, 6) is 0.285. The van der Waals surface area contributed by atoms with Crippen molar-refractivity contribution in [2.24, 2.45) is 5.92 Å². The molecule has 0 aliphatic carbocycles. The minimum absolute atomic E-state index is 0.0163. The number of rotatable bonds is 2. The lowest BCUT2D eigenvalue weighted by atomic mass is 9.99. The average molecular weight is 311 g/mol. The summed E-state index contributed by atoms with van der Waals surface area (Å²) in [6.45, 7) is 3.62. The molecule has 3 heterocycles. The van der Waals surface area contributed by atoms with Crippen LogP contribution < -0.4 is 5.32 Å². The molecule has 2 atom stereocenters. The van der Waals surface area contributed by atoms with Gasteiger partial charge in [-0.15, -0.1) is 0 Å². The molecule has 2 N–H and O–H groups in total. The van der Waals surface area contributed by atoms with Gasteiger partial charge >= 0.3 is 0 Å². The molecule has 2 unspecified atom stereocenters. The number of carbonyl (C=O) groups excluding carboxylic acids is 2. The van der Waals surface area contributed by atoms with Gasteiger partial charge in [0.2, 0.25) is 5.91 Å².